The lowest BCUT2D eigenvalue weighted by Gasteiger charge is -2.39. The maximum atomic E-state index is 14.1. The monoisotopic (exact) mass is 580 g/mol. The number of fused-ring (bicyclic) bond motifs is 1. The Bertz CT molecular complexity index is 1320. The molecular formula is C31H44N6O5. The number of nitrogens with zero attached hydrogens (tertiary/aromatic N) is 4. The molecule has 3 heterocycles. The molecule has 2 N–H and O–H groups in total. The van der Waals surface area contributed by atoms with Gasteiger partial charge < -0.3 is 34.6 Å². The van der Waals surface area contributed by atoms with Crippen molar-refractivity contribution < 1.29 is 23.9 Å². The maximum Gasteiger partial charge on any atom is 0.271 e. The summed E-state index contributed by atoms with van der Waals surface area (Å²) >= 11 is 0. The summed E-state index contributed by atoms with van der Waals surface area (Å²) in [7, 11) is 5.12. The molecule has 11 nitrogen and oxygen atoms in total. The third-order valence-electron chi connectivity index (χ3n) is 9.14. The topological polar surface area (TPSA) is 116 Å². The highest BCUT2D eigenvalue weighted by Crippen LogP contribution is 2.32. The van der Waals surface area contributed by atoms with Gasteiger partial charge in [0.15, 0.2) is 0 Å². The highest BCUT2D eigenvalue weighted by molar-refractivity contribution is 6.16. The lowest BCUT2D eigenvalue weighted by atomic mass is 9.83. The van der Waals surface area contributed by atoms with Crippen LogP contribution in [0.25, 0.3) is 10.9 Å². The zero-order valence-corrected chi connectivity index (χ0v) is 25.1. The third-order valence-corrected chi connectivity index (χ3v) is 9.14. The van der Waals surface area contributed by atoms with Crippen LogP contribution in [0.2, 0.25) is 0 Å². The second-order valence-electron chi connectivity index (χ2n) is 11.8. The fourth-order valence-corrected chi connectivity index (χ4v) is 6.80. The van der Waals surface area contributed by atoms with Crippen molar-refractivity contribution in [3.8, 4) is 5.75 Å². The first-order valence-corrected chi connectivity index (χ1v) is 15.3. The first kappa shape index (κ1) is 29.9. The summed E-state index contributed by atoms with van der Waals surface area (Å²) in [5.74, 6) is 0.196. The van der Waals surface area contributed by atoms with Gasteiger partial charge in [-0.15, -0.1) is 0 Å². The van der Waals surface area contributed by atoms with Crippen LogP contribution in [0.5, 0.6) is 5.75 Å². The summed E-state index contributed by atoms with van der Waals surface area (Å²) in [6, 6.07) is 4.99. The quantitative estimate of drug-likeness (QED) is 0.494. The van der Waals surface area contributed by atoms with Gasteiger partial charge in [0.1, 0.15) is 17.5 Å². The van der Waals surface area contributed by atoms with Gasteiger partial charge in [0.2, 0.25) is 11.8 Å². The third kappa shape index (κ3) is 5.97. The van der Waals surface area contributed by atoms with Crippen molar-refractivity contribution in [1.29, 1.82) is 0 Å². The number of benzene rings is 1. The number of carbonyl (C=O) groups excluding carboxylic acids is 4. The Kier molecular flexibility index (Phi) is 9.35. The van der Waals surface area contributed by atoms with E-state index in [1.54, 1.807) is 28.5 Å². The largest absolute Gasteiger partial charge is 0.497 e. The van der Waals surface area contributed by atoms with E-state index in [1.807, 2.05) is 30.1 Å². The fourth-order valence-electron chi connectivity index (χ4n) is 6.80. The minimum atomic E-state index is -0.550. The molecule has 0 radical (unpaired) electrons. The molecule has 3 aliphatic rings. The summed E-state index contributed by atoms with van der Waals surface area (Å²) in [4.78, 5) is 59.4. The van der Waals surface area contributed by atoms with E-state index in [4.69, 9.17) is 4.74 Å². The van der Waals surface area contributed by atoms with Crippen molar-refractivity contribution >= 4 is 34.5 Å². The van der Waals surface area contributed by atoms with E-state index < -0.39 is 6.04 Å². The number of carbonyl (C=O) groups is 4. The number of methoxy groups -OCH3 is 1. The van der Waals surface area contributed by atoms with E-state index in [1.165, 1.54) is 0 Å². The molecule has 5 rings (SSSR count). The molecule has 4 amide bonds. The standard InChI is InChI=1S/C31H44N6O5/c1-32-20-25(38)33-27(21-9-5-4-6-10-21)30(40)36-15-17-37(18-16-36)31(41)28-26(29(39)35-13-7-8-14-35)23-12-11-22(42-3)19-24(23)34(28)2/h11-12,19,21,27,32H,4-10,13-18,20H2,1-3H3,(H,33,38). The van der Waals surface area contributed by atoms with Crippen molar-refractivity contribution in [1.82, 2.24) is 29.9 Å². The van der Waals surface area contributed by atoms with Gasteiger partial charge in [0, 0.05) is 57.8 Å². The summed E-state index contributed by atoms with van der Waals surface area (Å²) < 4.78 is 7.23. The first-order chi connectivity index (χ1) is 20.3. The summed E-state index contributed by atoms with van der Waals surface area (Å²) in [5.41, 5.74) is 1.57. The fraction of sp³-hybridized carbons (Fsp3) is 0.613. The molecule has 1 saturated carbocycles. The Balaban J connectivity index is 1.35. The van der Waals surface area contributed by atoms with E-state index >= 15 is 0 Å². The molecule has 2 saturated heterocycles. The normalized spacial score (nSPS) is 18.8. The van der Waals surface area contributed by atoms with Gasteiger partial charge in [0.25, 0.3) is 11.8 Å². The summed E-state index contributed by atoms with van der Waals surface area (Å²) in [6.07, 6.45) is 7.05. The number of amides is 4. The number of rotatable bonds is 8. The number of aryl methyl sites for hydroxylation is 1. The van der Waals surface area contributed by atoms with E-state index in [-0.39, 0.29) is 36.1 Å². The zero-order valence-electron chi connectivity index (χ0n) is 25.1. The van der Waals surface area contributed by atoms with Crippen LogP contribution in [0.4, 0.5) is 0 Å². The molecule has 0 bridgehead atoms. The zero-order chi connectivity index (χ0) is 29.8. The molecule has 2 aliphatic heterocycles. The number of aromatic nitrogens is 1. The number of nitrogens with one attached hydrogen (secondary N) is 2. The highest BCUT2D eigenvalue weighted by atomic mass is 16.5. The van der Waals surface area contributed by atoms with Gasteiger partial charge in [-0.25, -0.2) is 0 Å². The number of likely N-dealkylation sites (tertiary alicyclic amines) is 1. The van der Waals surface area contributed by atoms with Crippen LogP contribution in [0.1, 0.15) is 65.8 Å². The SMILES string of the molecule is CNCC(=O)NC(C(=O)N1CCN(C(=O)c2c(C(=O)N3CCCC3)c3ccc(OC)cc3n2C)CC1)C1CCCCC1. The Morgan fingerprint density at radius 1 is 0.881 bits per heavy atom. The van der Waals surface area contributed by atoms with E-state index in [2.05, 4.69) is 10.6 Å². The van der Waals surface area contributed by atoms with Gasteiger partial charge in [-0.2, -0.15) is 0 Å². The van der Waals surface area contributed by atoms with Crippen LogP contribution in [-0.4, -0.2) is 109 Å². The molecule has 1 atom stereocenters. The number of ether oxygens (including phenoxy) is 1. The molecule has 1 aromatic heterocycles. The average Bonchev–Trinajstić information content (AvgIpc) is 3.66. The van der Waals surface area contributed by atoms with Crippen LogP contribution in [0.15, 0.2) is 18.2 Å². The minimum absolute atomic E-state index is 0.0694. The van der Waals surface area contributed by atoms with Gasteiger partial charge in [-0.1, -0.05) is 19.3 Å². The average molecular weight is 581 g/mol. The van der Waals surface area contributed by atoms with E-state index in [0.29, 0.717) is 56.3 Å². The predicted octanol–water partition coefficient (Wildman–Crippen LogP) is 1.99. The van der Waals surface area contributed by atoms with Gasteiger partial charge in [-0.05, 0) is 50.8 Å². The van der Waals surface area contributed by atoms with Crippen LogP contribution >= 0.6 is 0 Å². The van der Waals surface area contributed by atoms with Gasteiger partial charge in [0.05, 0.1) is 24.7 Å². The second kappa shape index (κ2) is 13.1. The van der Waals surface area contributed by atoms with Crippen molar-refractivity contribution in [3.05, 3.63) is 29.5 Å². The maximum absolute atomic E-state index is 14.1. The molecule has 1 aromatic carbocycles. The van der Waals surface area contributed by atoms with Gasteiger partial charge in [-0.3, -0.25) is 19.2 Å². The molecule has 11 heteroatoms. The number of hydrogen-bond donors (Lipinski definition) is 2. The van der Waals surface area contributed by atoms with Crippen molar-refractivity contribution in [2.45, 2.75) is 51.0 Å². The van der Waals surface area contributed by atoms with Gasteiger partial charge >= 0.3 is 0 Å². The smallest absolute Gasteiger partial charge is 0.271 e. The molecule has 1 aliphatic carbocycles. The van der Waals surface area contributed by atoms with E-state index in [0.717, 1.165) is 55.8 Å². The predicted molar refractivity (Wildman–Crippen MR) is 160 cm³/mol. The van der Waals surface area contributed by atoms with Crippen LogP contribution in [0, 0.1) is 5.92 Å². The van der Waals surface area contributed by atoms with Crippen molar-refractivity contribution in [3.63, 3.8) is 0 Å². The Labute approximate surface area is 247 Å². The molecule has 0 spiro atoms. The Hall–Kier alpha value is -3.60. The lowest BCUT2D eigenvalue weighted by molar-refractivity contribution is -0.139. The molecule has 42 heavy (non-hydrogen) atoms. The summed E-state index contributed by atoms with van der Waals surface area (Å²) in [5, 5.41) is 6.59. The molecule has 3 fully saturated rings. The molecule has 2 aromatic rings. The minimum Gasteiger partial charge on any atom is -0.497 e. The highest BCUT2D eigenvalue weighted by Gasteiger charge is 2.37. The Morgan fingerprint density at radius 3 is 2.17 bits per heavy atom. The number of hydrogen-bond acceptors (Lipinski definition) is 6. The molecule has 228 valence electrons. The molecule has 1 unspecified atom stereocenters. The number of piperazine rings is 1. The van der Waals surface area contributed by atoms with Crippen LogP contribution < -0.4 is 15.4 Å². The van der Waals surface area contributed by atoms with Crippen LogP contribution in [0.3, 0.4) is 0 Å². The summed E-state index contributed by atoms with van der Waals surface area (Å²) in [6.45, 7) is 3.00. The van der Waals surface area contributed by atoms with Crippen molar-refractivity contribution in [2.24, 2.45) is 13.0 Å². The van der Waals surface area contributed by atoms with Crippen molar-refractivity contribution in [2.75, 3.05) is 60.0 Å². The first-order valence-electron chi connectivity index (χ1n) is 15.3. The van der Waals surface area contributed by atoms with E-state index in [9.17, 15) is 19.2 Å². The second-order valence-corrected chi connectivity index (χ2v) is 11.8. The van der Waals surface area contributed by atoms with Crippen LogP contribution in [-0.2, 0) is 16.6 Å². The number of likely N-dealkylation sites (N-methyl/N-ethyl adjacent to an activating group) is 1. The molecular weight excluding hydrogens is 536 g/mol. The lowest BCUT2D eigenvalue weighted by Crippen LogP contribution is -2.58. The Morgan fingerprint density at radius 2 is 1.52 bits per heavy atom.